The Morgan fingerprint density at radius 3 is 2.56 bits per heavy atom. The normalized spacial score (nSPS) is 26.4. The lowest BCUT2D eigenvalue weighted by atomic mass is 9.98. The number of alkyl halides is 1. The third-order valence-corrected chi connectivity index (χ3v) is 6.90. The maximum atomic E-state index is 15.4. The second-order valence-corrected chi connectivity index (χ2v) is 10.4. The lowest BCUT2D eigenvalue weighted by Crippen LogP contribution is -2.43. The number of carbonyl (C=O) groups excluding carboxylic acids is 1. The molecule has 0 saturated carbocycles. The van der Waals surface area contributed by atoms with Gasteiger partial charge in [0.2, 0.25) is 0 Å². The number of para-hydroxylation sites is 1. The van der Waals surface area contributed by atoms with Gasteiger partial charge < -0.3 is 19.1 Å². The zero-order chi connectivity index (χ0) is 26.7. The highest BCUT2D eigenvalue weighted by Gasteiger charge is 2.55. The van der Waals surface area contributed by atoms with E-state index in [1.165, 1.54) is 19.1 Å². The van der Waals surface area contributed by atoms with E-state index in [0.717, 1.165) is 23.8 Å². The van der Waals surface area contributed by atoms with Crippen LogP contribution in [0.4, 0.5) is 4.39 Å². The van der Waals surface area contributed by atoms with E-state index in [1.807, 2.05) is 4.98 Å². The molecule has 0 radical (unpaired) electrons. The van der Waals surface area contributed by atoms with E-state index >= 15 is 4.39 Å². The van der Waals surface area contributed by atoms with Crippen molar-refractivity contribution in [3.63, 3.8) is 0 Å². The summed E-state index contributed by atoms with van der Waals surface area (Å²) in [6.45, 7) is 5.07. The predicted molar refractivity (Wildman–Crippen MR) is 125 cm³/mol. The monoisotopic (exact) mass is 529 g/mol. The molecule has 3 rings (SSSR count). The number of ether oxygens (including phenoxy) is 2. The topological polar surface area (TPSA) is 158 Å². The summed E-state index contributed by atoms with van der Waals surface area (Å²) in [5.41, 5.74) is -4.12. The fourth-order valence-corrected chi connectivity index (χ4v) is 4.97. The Kier molecular flexibility index (Phi) is 8.52. The molecule has 1 aromatic heterocycles. The van der Waals surface area contributed by atoms with Gasteiger partial charge >= 0.3 is 19.4 Å². The van der Waals surface area contributed by atoms with Gasteiger partial charge in [0, 0.05) is 12.3 Å². The van der Waals surface area contributed by atoms with Crippen LogP contribution in [0.15, 0.2) is 52.2 Å². The van der Waals surface area contributed by atoms with Crippen molar-refractivity contribution in [3.8, 4) is 5.75 Å². The van der Waals surface area contributed by atoms with E-state index < -0.39 is 67.8 Å². The number of esters is 1. The lowest BCUT2D eigenvalue weighted by Gasteiger charge is -2.25. The molecule has 198 valence electrons. The number of nitrogens with zero attached hydrogens (tertiary/aromatic N) is 1. The van der Waals surface area contributed by atoms with Crippen LogP contribution in [0.3, 0.4) is 0 Å². The second-order valence-electron chi connectivity index (χ2n) is 8.67. The van der Waals surface area contributed by atoms with E-state index in [2.05, 4.69) is 5.09 Å². The van der Waals surface area contributed by atoms with Gasteiger partial charge in [-0.15, -0.1) is 0 Å². The molecule has 0 aliphatic carbocycles. The summed E-state index contributed by atoms with van der Waals surface area (Å²) in [6, 6.07) is 7.86. The molecule has 1 fully saturated rings. The number of carbonyl (C=O) groups is 1. The number of H-pyrrole nitrogens is 1. The molecule has 14 heteroatoms. The fraction of sp³-hybridized carbons (Fsp3) is 0.500. The second kappa shape index (κ2) is 11.1. The lowest BCUT2D eigenvalue weighted by molar-refractivity contribution is -0.149. The van der Waals surface area contributed by atoms with Crippen molar-refractivity contribution in [2.45, 2.75) is 63.9 Å². The Morgan fingerprint density at radius 2 is 1.94 bits per heavy atom. The highest BCUT2D eigenvalue weighted by Crippen LogP contribution is 2.47. The summed E-state index contributed by atoms with van der Waals surface area (Å²) in [4.78, 5) is 37.7. The minimum absolute atomic E-state index is 0.152. The molecule has 1 aliphatic rings. The first-order valence-electron chi connectivity index (χ1n) is 11.1. The summed E-state index contributed by atoms with van der Waals surface area (Å²) < 4.78 is 51.4. The number of rotatable bonds is 10. The quantitative estimate of drug-likeness (QED) is 0.305. The maximum absolute atomic E-state index is 15.4. The first kappa shape index (κ1) is 27.8. The van der Waals surface area contributed by atoms with Crippen molar-refractivity contribution in [1.82, 2.24) is 14.6 Å². The van der Waals surface area contributed by atoms with E-state index in [1.54, 1.807) is 32.0 Å². The molecule has 12 nitrogen and oxygen atoms in total. The molecule has 0 spiro atoms. The van der Waals surface area contributed by atoms with Crippen LogP contribution in [-0.4, -0.2) is 57.3 Å². The van der Waals surface area contributed by atoms with E-state index in [9.17, 15) is 24.1 Å². The Balaban J connectivity index is 1.80. The van der Waals surface area contributed by atoms with E-state index in [0.29, 0.717) is 0 Å². The first-order chi connectivity index (χ1) is 16.8. The van der Waals surface area contributed by atoms with Crippen LogP contribution in [0, 0.1) is 0 Å². The Bertz CT molecular complexity index is 1220. The summed E-state index contributed by atoms with van der Waals surface area (Å²) in [5, 5.41) is 13.0. The summed E-state index contributed by atoms with van der Waals surface area (Å²) in [5.74, 6) is -0.560. The van der Waals surface area contributed by atoms with Crippen molar-refractivity contribution in [1.29, 1.82) is 0 Å². The fourth-order valence-electron chi connectivity index (χ4n) is 3.47. The minimum atomic E-state index is -4.30. The number of aliphatic hydroxyl groups excluding tert-OH is 1. The van der Waals surface area contributed by atoms with Crippen LogP contribution >= 0.6 is 7.75 Å². The van der Waals surface area contributed by atoms with Crippen molar-refractivity contribution in [2.75, 3.05) is 6.61 Å². The SMILES string of the molecule is CC(C)OC(=O)[C@H](C)N[P@](=O)(OC[C@H]1O[C@@H](n2ccc(=O)[nH]c2=O)[C@@](C)(F)[C@@H]1O)Oc1ccccc1. The van der Waals surface area contributed by atoms with Crippen LogP contribution in [0.2, 0.25) is 0 Å². The summed E-state index contributed by atoms with van der Waals surface area (Å²) in [7, 11) is -4.30. The number of nitrogens with one attached hydrogen (secondary N) is 2. The van der Waals surface area contributed by atoms with Gasteiger partial charge in [-0.3, -0.25) is 23.7 Å². The number of hydrogen-bond acceptors (Lipinski definition) is 9. The molecule has 0 unspecified atom stereocenters. The molecule has 2 aromatic rings. The van der Waals surface area contributed by atoms with Crippen LogP contribution in [-0.2, 0) is 23.4 Å². The average Bonchev–Trinajstić information content (AvgIpc) is 3.01. The smallest absolute Gasteiger partial charge is 0.459 e. The minimum Gasteiger partial charge on any atom is -0.462 e. The summed E-state index contributed by atoms with van der Waals surface area (Å²) in [6.07, 6.45) is -4.21. The van der Waals surface area contributed by atoms with Crippen molar-refractivity contribution in [2.24, 2.45) is 0 Å². The molecule has 0 bridgehead atoms. The molecular weight excluding hydrogens is 500 g/mol. The van der Waals surface area contributed by atoms with E-state index in [-0.39, 0.29) is 5.75 Å². The number of hydrogen-bond donors (Lipinski definition) is 3. The van der Waals surface area contributed by atoms with Gasteiger partial charge in [-0.1, -0.05) is 18.2 Å². The molecule has 1 aromatic carbocycles. The molecule has 6 atom stereocenters. The summed E-state index contributed by atoms with van der Waals surface area (Å²) >= 11 is 0. The molecule has 1 saturated heterocycles. The molecule has 0 amide bonds. The Morgan fingerprint density at radius 1 is 1.28 bits per heavy atom. The van der Waals surface area contributed by atoms with Crippen LogP contribution in [0.5, 0.6) is 5.75 Å². The number of benzene rings is 1. The zero-order valence-corrected chi connectivity index (χ0v) is 21.0. The number of halogens is 1. The van der Waals surface area contributed by atoms with Crippen molar-refractivity contribution >= 4 is 13.7 Å². The molecular formula is C22H29FN3O9P. The van der Waals surface area contributed by atoms with Gasteiger partial charge in [0.1, 0.15) is 24.0 Å². The number of aromatic amines is 1. The van der Waals surface area contributed by atoms with Crippen molar-refractivity contribution < 1.29 is 37.4 Å². The number of aromatic nitrogens is 2. The van der Waals surface area contributed by atoms with Gasteiger partial charge in [-0.05, 0) is 39.8 Å². The van der Waals surface area contributed by atoms with Gasteiger partial charge in [0.05, 0.1) is 12.7 Å². The van der Waals surface area contributed by atoms with Crippen molar-refractivity contribution in [3.05, 3.63) is 63.4 Å². The average molecular weight is 529 g/mol. The molecule has 1 aliphatic heterocycles. The van der Waals surface area contributed by atoms with Crippen LogP contribution in [0.25, 0.3) is 0 Å². The van der Waals surface area contributed by atoms with E-state index in [4.69, 9.17) is 18.5 Å². The maximum Gasteiger partial charge on any atom is 0.459 e. The van der Waals surface area contributed by atoms with Gasteiger partial charge in [0.15, 0.2) is 11.9 Å². The van der Waals surface area contributed by atoms with Crippen LogP contribution < -0.4 is 20.9 Å². The zero-order valence-electron chi connectivity index (χ0n) is 20.1. The van der Waals surface area contributed by atoms with Gasteiger partial charge in [0.25, 0.3) is 5.56 Å². The standard InChI is InChI=1S/C22H29FN3O9P/c1-13(2)33-19(29)14(3)25-36(31,35-15-8-6-5-7-9-15)32-12-16-18(28)22(4,23)20(34-16)26-11-10-17(27)24-21(26)30/h5-11,13-14,16,18,20,28H,12H2,1-4H3,(H,25,31)(H,24,27,30)/t14-,16+,18+,20+,22-,36-/m0/s1. The first-order valence-corrected chi connectivity index (χ1v) is 12.7. The number of aliphatic hydroxyl groups is 1. The highest BCUT2D eigenvalue weighted by molar-refractivity contribution is 7.52. The molecule has 3 N–H and O–H groups in total. The molecule has 36 heavy (non-hydrogen) atoms. The third kappa shape index (κ3) is 6.48. The Labute approximate surface area is 205 Å². The Hall–Kier alpha value is -2.83. The largest absolute Gasteiger partial charge is 0.462 e. The molecule has 2 heterocycles. The predicted octanol–water partition coefficient (Wildman–Crippen LogP) is 1.66. The van der Waals surface area contributed by atoms with Crippen LogP contribution in [0.1, 0.15) is 33.9 Å². The third-order valence-electron chi connectivity index (χ3n) is 5.26. The van der Waals surface area contributed by atoms with Gasteiger partial charge in [-0.25, -0.2) is 13.8 Å². The van der Waals surface area contributed by atoms with Gasteiger partial charge in [-0.2, -0.15) is 5.09 Å². The highest BCUT2D eigenvalue weighted by atomic mass is 31.2.